The number of amides is 1. The Kier molecular flexibility index (Phi) is 7.83. The summed E-state index contributed by atoms with van der Waals surface area (Å²) in [6.07, 6.45) is 3.98. The molecule has 0 unspecified atom stereocenters. The van der Waals surface area contributed by atoms with E-state index in [1.54, 1.807) is 19.1 Å². The maximum Gasteiger partial charge on any atom is 0.243 e. The van der Waals surface area contributed by atoms with Gasteiger partial charge in [-0.3, -0.25) is 9.10 Å². The topological polar surface area (TPSA) is 75.7 Å². The smallest absolute Gasteiger partial charge is 0.243 e. The highest BCUT2D eigenvalue weighted by Gasteiger charge is 2.29. The number of nitrogens with zero attached hydrogens (tertiary/aromatic N) is 1. The van der Waals surface area contributed by atoms with E-state index >= 15 is 0 Å². The third-order valence-corrected chi connectivity index (χ3v) is 5.09. The normalized spacial score (nSPS) is 12.5. The van der Waals surface area contributed by atoms with Gasteiger partial charge in [0.15, 0.2) is 0 Å². The van der Waals surface area contributed by atoms with E-state index < -0.39 is 16.1 Å². The van der Waals surface area contributed by atoms with Crippen LogP contribution in [0.4, 0.5) is 5.69 Å². The van der Waals surface area contributed by atoms with Crippen molar-refractivity contribution in [2.45, 2.75) is 39.2 Å². The number of halogens is 1. The Morgan fingerprint density at radius 3 is 2.54 bits per heavy atom. The van der Waals surface area contributed by atoms with Gasteiger partial charge < -0.3 is 10.1 Å². The van der Waals surface area contributed by atoms with E-state index in [1.165, 1.54) is 13.2 Å². The van der Waals surface area contributed by atoms with E-state index in [-0.39, 0.29) is 10.9 Å². The van der Waals surface area contributed by atoms with Crippen LogP contribution >= 0.6 is 11.6 Å². The van der Waals surface area contributed by atoms with Crippen molar-refractivity contribution >= 4 is 33.2 Å². The Balaban J connectivity index is 3.01. The molecule has 0 bridgehead atoms. The Hall–Kier alpha value is -1.47. The van der Waals surface area contributed by atoms with Crippen LogP contribution in [0, 0.1) is 0 Å². The van der Waals surface area contributed by atoms with Crippen LogP contribution in [-0.2, 0) is 14.8 Å². The highest BCUT2D eigenvalue weighted by Crippen LogP contribution is 2.31. The summed E-state index contributed by atoms with van der Waals surface area (Å²) in [5.74, 6) is 0.0917. The van der Waals surface area contributed by atoms with Gasteiger partial charge in [0.05, 0.1) is 24.1 Å². The zero-order valence-electron chi connectivity index (χ0n) is 14.5. The van der Waals surface area contributed by atoms with E-state index in [0.717, 1.165) is 29.8 Å². The fourth-order valence-corrected chi connectivity index (χ4v) is 3.75. The Labute approximate surface area is 149 Å². The van der Waals surface area contributed by atoms with Gasteiger partial charge in [0.2, 0.25) is 15.9 Å². The van der Waals surface area contributed by atoms with Crippen LogP contribution in [0.5, 0.6) is 5.75 Å². The average Bonchev–Trinajstić information content (AvgIpc) is 2.50. The molecule has 136 valence electrons. The molecule has 1 aromatic carbocycles. The van der Waals surface area contributed by atoms with E-state index in [2.05, 4.69) is 12.2 Å². The Morgan fingerprint density at radius 2 is 2.04 bits per heavy atom. The lowest BCUT2D eigenvalue weighted by Gasteiger charge is -2.28. The second-order valence-electron chi connectivity index (χ2n) is 5.55. The molecule has 0 fully saturated rings. The first kappa shape index (κ1) is 20.6. The van der Waals surface area contributed by atoms with Gasteiger partial charge in [-0.1, -0.05) is 31.4 Å². The van der Waals surface area contributed by atoms with E-state index in [0.29, 0.717) is 18.0 Å². The molecule has 0 spiro atoms. The summed E-state index contributed by atoms with van der Waals surface area (Å²) >= 11 is 6.08. The summed E-state index contributed by atoms with van der Waals surface area (Å²) in [7, 11) is -2.19. The molecule has 8 heteroatoms. The molecule has 0 aliphatic carbocycles. The predicted octanol–water partition coefficient (Wildman–Crippen LogP) is 2.81. The number of carbonyl (C=O) groups is 1. The minimum absolute atomic E-state index is 0.277. The third-order valence-electron chi connectivity index (χ3n) is 3.56. The minimum atomic E-state index is -3.66. The Morgan fingerprint density at radius 1 is 1.38 bits per heavy atom. The molecule has 0 saturated carbocycles. The van der Waals surface area contributed by atoms with Crippen LogP contribution in [0.1, 0.15) is 33.1 Å². The predicted molar refractivity (Wildman–Crippen MR) is 97.3 cm³/mol. The van der Waals surface area contributed by atoms with Crippen LogP contribution in [0.3, 0.4) is 0 Å². The van der Waals surface area contributed by atoms with Gasteiger partial charge in [0, 0.05) is 6.54 Å². The number of anilines is 1. The van der Waals surface area contributed by atoms with Crippen LogP contribution in [0.25, 0.3) is 0 Å². The van der Waals surface area contributed by atoms with Gasteiger partial charge in [0.1, 0.15) is 11.8 Å². The molecule has 0 saturated heterocycles. The molecule has 0 heterocycles. The van der Waals surface area contributed by atoms with Crippen molar-refractivity contribution in [2.24, 2.45) is 0 Å². The van der Waals surface area contributed by atoms with Gasteiger partial charge >= 0.3 is 0 Å². The first-order chi connectivity index (χ1) is 11.2. The molecular weight excluding hydrogens is 352 g/mol. The lowest BCUT2D eigenvalue weighted by atomic mass is 10.2. The zero-order valence-corrected chi connectivity index (χ0v) is 16.1. The standard InChI is InChI=1S/C16H25ClN2O4S/c1-5-6-7-10-18-16(20)12(2)19(24(4,21)22)13-8-9-15(23-3)14(17)11-13/h8-9,11-12H,5-7,10H2,1-4H3,(H,18,20)/t12-/m1/s1. The van der Waals surface area contributed by atoms with Gasteiger partial charge in [-0.25, -0.2) is 8.42 Å². The monoisotopic (exact) mass is 376 g/mol. The molecule has 0 aliphatic rings. The van der Waals surface area contributed by atoms with Crippen molar-refractivity contribution in [3.63, 3.8) is 0 Å². The maximum absolute atomic E-state index is 12.3. The maximum atomic E-state index is 12.3. The van der Waals surface area contributed by atoms with Crippen LogP contribution in [0.2, 0.25) is 5.02 Å². The summed E-state index contributed by atoms with van der Waals surface area (Å²) in [4.78, 5) is 12.3. The lowest BCUT2D eigenvalue weighted by Crippen LogP contribution is -2.48. The minimum Gasteiger partial charge on any atom is -0.495 e. The van der Waals surface area contributed by atoms with Crippen molar-refractivity contribution in [1.29, 1.82) is 0 Å². The molecule has 1 amide bonds. The quantitative estimate of drug-likeness (QED) is 0.672. The number of unbranched alkanes of at least 4 members (excludes halogenated alkanes) is 2. The second-order valence-corrected chi connectivity index (χ2v) is 7.82. The first-order valence-corrected chi connectivity index (χ1v) is 10.1. The molecule has 0 aromatic heterocycles. The van der Waals surface area contributed by atoms with Gasteiger partial charge in [-0.2, -0.15) is 0 Å². The zero-order chi connectivity index (χ0) is 18.3. The van der Waals surface area contributed by atoms with Crippen molar-refractivity contribution in [3.8, 4) is 5.75 Å². The molecule has 24 heavy (non-hydrogen) atoms. The molecule has 6 nitrogen and oxygen atoms in total. The van der Waals surface area contributed by atoms with E-state index in [1.807, 2.05) is 0 Å². The number of ether oxygens (including phenoxy) is 1. The van der Waals surface area contributed by atoms with Crippen molar-refractivity contribution < 1.29 is 17.9 Å². The Bertz CT molecular complexity index is 664. The lowest BCUT2D eigenvalue weighted by molar-refractivity contribution is -0.121. The molecule has 1 N–H and O–H groups in total. The van der Waals surface area contributed by atoms with Crippen LogP contribution in [0.15, 0.2) is 18.2 Å². The number of benzene rings is 1. The first-order valence-electron chi connectivity index (χ1n) is 7.83. The largest absolute Gasteiger partial charge is 0.495 e. The van der Waals surface area contributed by atoms with Gasteiger partial charge in [-0.15, -0.1) is 0 Å². The number of rotatable bonds is 9. The SMILES string of the molecule is CCCCCNC(=O)[C@@H](C)N(c1ccc(OC)c(Cl)c1)S(C)(=O)=O. The number of carbonyl (C=O) groups excluding carboxylic acids is 1. The summed E-state index contributed by atoms with van der Waals surface area (Å²) in [6, 6.07) is 3.72. The summed E-state index contributed by atoms with van der Waals surface area (Å²) < 4.78 is 30.5. The molecule has 1 rings (SSSR count). The average molecular weight is 377 g/mol. The number of sulfonamides is 1. The van der Waals surface area contributed by atoms with E-state index in [9.17, 15) is 13.2 Å². The highest BCUT2D eigenvalue weighted by molar-refractivity contribution is 7.92. The van der Waals surface area contributed by atoms with Crippen molar-refractivity contribution in [2.75, 3.05) is 24.2 Å². The summed E-state index contributed by atoms with van der Waals surface area (Å²) in [5, 5.41) is 3.05. The third kappa shape index (κ3) is 5.56. The fraction of sp³-hybridized carbons (Fsp3) is 0.562. The van der Waals surface area contributed by atoms with Crippen molar-refractivity contribution in [3.05, 3.63) is 23.2 Å². The van der Waals surface area contributed by atoms with E-state index in [4.69, 9.17) is 16.3 Å². The number of hydrogen-bond acceptors (Lipinski definition) is 4. The number of nitrogens with one attached hydrogen (secondary N) is 1. The molecule has 1 aromatic rings. The van der Waals surface area contributed by atoms with Crippen LogP contribution in [-0.4, -0.2) is 40.3 Å². The van der Waals surface area contributed by atoms with Crippen LogP contribution < -0.4 is 14.4 Å². The molecule has 1 atom stereocenters. The van der Waals surface area contributed by atoms with Gasteiger partial charge in [-0.05, 0) is 31.5 Å². The highest BCUT2D eigenvalue weighted by atomic mass is 35.5. The van der Waals surface area contributed by atoms with Gasteiger partial charge in [0.25, 0.3) is 0 Å². The fourth-order valence-electron chi connectivity index (χ4n) is 2.34. The number of methoxy groups -OCH3 is 1. The molecule has 0 aliphatic heterocycles. The number of hydrogen-bond donors (Lipinski definition) is 1. The summed E-state index contributed by atoms with van der Waals surface area (Å²) in [5.41, 5.74) is 0.319. The molecular formula is C16H25ClN2O4S. The summed E-state index contributed by atoms with van der Waals surface area (Å²) in [6.45, 7) is 4.15. The molecule has 0 radical (unpaired) electrons. The van der Waals surface area contributed by atoms with Crippen molar-refractivity contribution in [1.82, 2.24) is 5.32 Å². The second kappa shape index (κ2) is 9.13.